The number of rotatable bonds is 2. The Morgan fingerprint density at radius 2 is 1.85 bits per heavy atom. The summed E-state index contributed by atoms with van der Waals surface area (Å²) in [7, 11) is 0. The first kappa shape index (κ1) is 19.3. The summed E-state index contributed by atoms with van der Waals surface area (Å²) in [6.07, 6.45) is 2.61. The number of hydrogen-bond donors (Lipinski definition) is 1. The summed E-state index contributed by atoms with van der Waals surface area (Å²) in [5, 5.41) is 11.1. The Hall–Kier alpha value is -2.51. The fourth-order valence-electron chi connectivity index (χ4n) is 3.94. The smallest absolute Gasteiger partial charge is 0.410 e. The highest BCUT2D eigenvalue weighted by Gasteiger charge is 2.42. The maximum atomic E-state index is 12.3. The minimum atomic E-state index is -0.486. The molecule has 27 heavy (non-hydrogen) atoms. The highest BCUT2D eigenvalue weighted by molar-refractivity contribution is 5.68. The van der Waals surface area contributed by atoms with Crippen molar-refractivity contribution in [3.8, 4) is 0 Å². The van der Waals surface area contributed by atoms with E-state index in [-0.39, 0.29) is 22.9 Å². The largest absolute Gasteiger partial charge is 0.444 e. The van der Waals surface area contributed by atoms with Gasteiger partial charge in [0.1, 0.15) is 11.3 Å². The summed E-state index contributed by atoms with van der Waals surface area (Å²) in [5.74, 6) is 0. The van der Waals surface area contributed by atoms with E-state index in [2.05, 4.69) is 4.90 Å². The predicted molar refractivity (Wildman–Crippen MR) is 104 cm³/mol. The van der Waals surface area contributed by atoms with Gasteiger partial charge in [0.05, 0.1) is 4.92 Å². The topological polar surface area (TPSA) is 102 Å². The quantitative estimate of drug-likeness (QED) is 0.482. The van der Waals surface area contributed by atoms with E-state index in [0.717, 1.165) is 38.0 Å². The van der Waals surface area contributed by atoms with Crippen LogP contribution in [0.4, 0.5) is 21.9 Å². The van der Waals surface area contributed by atoms with Gasteiger partial charge >= 0.3 is 6.09 Å². The van der Waals surface area contributed by atoms with Gasteiger partial charge in [0, 0.05) is 37.9 Å². The van der Waals surface area contributed by atoms with E-state index >= 15 is 0 Å². The molecule has 0 aliphatic carbocycles. The van der Waals surface area contributed by atoms with Crippen LogP contribution in [0.3, 0.4) is 0 Å². The SMILES string of the molecule is CC(C)(C)OC(=O)N1CCC2(CC1)CCN(c1ccc(N)c([N+](=O)[O-])c1)C2. The number of anilines is 2. The summed E-state index contributed by atoms with van der Waals surface area (Å²) >= 11 is 0. The number of piperidine rings is 1. The van der Waals surface area contributed by atoms with Crippen molar-refractivity contribution in [2.24, 2.45) is 5.41 Å². The molecule has 0 aromatic heterocycles. The standard InChI is InChI=1S/C19H28N4O4/c1-18(2,3)27-17(24)21-9-6-19(7-10-21)8-11-22(13-19)14-4-5-15(20)16(12-14)23(25)26/h4-5,12H,6-11,13,20H2,1-3H3. The molecule has 2 aliphatic heterocycles. The molecule has 1 amide bonds. The summed E-state index contributed by atoms with van der Waals surface area (Å²) in [6.45, 7) is 8.68. The molecule has 2 fully saturated rings. The zero-order chi connectivity index (χ0) is 19.8. The number of amides is 1. The molecule has 2 heterocycles. The number of nitrogens with two attached hydrogens (primary N) is 1. The van der Waals surface area contributed by atoms with Crippen LogP contribution in [0.25, 0.3) is 0 Å². The Kier molecular flexibility index (Phi) is 4.92. The van der Waals surface area contributed by atoms with E-state index in [1.54, 1.807) is 17.0 Å². The van der Waals surface area contributed by atoms with Crippen molar-refractivity contribution in [1.29, 1.82) is 0 Å². The lowest BCUT2D eigenvalue weighted by Crippen LogP contribution is -2.46. The number of nitrogen functional groups attached to an aromatic ring is 1. The normalized spacial score (nSPS) is 19.4. The molecular formula is C19H28N4O4. The number of nitrogens with zero attached hydrogens (tertiary/aromatic N) is 3. The molecule has 1 aromatic rings. The van der Waals surface area contributed by atoms with E-state index in [9.17, 15) is 14.9 Å². The summed E-state index contributed by atoms with van der Waals surface area (Å²) in [4.78, 5) is 26.9. The van der Waals surface area contributed by atoms with E-state index in [0.29, 0.717) is 13.1 Å². The summed E-state index contributed by atoms with van der Waals surface area (Å²) in [5.41, 5.74) is 6.34. The molecule has 2 aliphatic rings. The number of carbonyl (C=O) groups is 1. The van der Waals surface area contributed by atoms with Crippen LogP contribution in [-0.4, -0.2) is 47.7 Å². The van der Waals surface area contributed by atoms with Crippen LogP contribution in [-0.2, 0) is 4.74 Å². The van der Waals surface area contributed by atoms with Crippen molar-refractivity contribution in [1.82, 2.24) is 4.90 Å². The molecule has 2 N–H and O–H groups in total. The number of nitro groups is 1. The van der Waals surface area contributed by atoms with Crippen molar-refractivity contribution in [3.63, 3.8) is 0 Å². The Labute approximate surface area is 159 Å². The molecule has 8 heteroatoms. The van der Waals surface area contributed by atoms with Crippen molar-refractivity contribution in [3.05, 3.63) is 28.3 Å². The summed E-state index contributed by atoms with van der Waals surface area (Å²) in [6, 6.07) is 5.00. The van der Waals surface area contributed by atoms with E-state index in [1.165, 1.54) is 0 Å². The Morgan fingerprint density at radius 3 is 2.44 bits per heavy atom. The minimum absolute atomic E-state index is 0.0480. The number of benzene rings is 1. The second-order valence-electron chi connectivity index (χ2n) is 8.64. The van der Waals surface area contributed by atoms with Gasteiger partial charge < -0.3 is 20.3 Å². The second kappa shape index (κ2) is 6.90. The van der Waals surface area contributed by atoms with Gasteiger partial charge in [-0.05, 0) is 57.6 Å². The van der Waals surface area contributed by atoms with Crippen molar-refractivity contribution in [2.75, 3.05) is 36.8 Å². The number of hydrogen-bond acceptors (Lipinski definition) is 6. The maximum Gasteiger partial charge on any atom is 0.410 e. The Bertz CT molecular complexity index is 736. The van der Waals surface area contributed by atoms with Crippen molar-refractivity contribution < 1.29 is 14.5 Å². The van der Waals surface area contributed by atoms with Crippen LogP contribution >= 0.6 is 0 Å². The lowest BCUT2D eigenvalue weighted by atomic mass is 9.78. The third-order valence-corrected chi connectivity index (χ3v) is 5.49. The number of likely N-dealkylation sites (tertiary alicyclic amines) is 1. The average molecular weight is 376 g/mol. The van der Waals surface area contributed by atoms with Crippen molar-refractivity contribution in [2.45, 2.75) is 45.6 Å². The Balaban J connectivity index is 1.63. The van der Waals surface area contributed by atoms with Gasteiger partial charge in [-0.3, -0.25) is 10.1 Å². The van der Waals surface area contributed by atoms with Gasteiger partial charge in [0.25, 0.3) is 5.69 Å². The number of carbonyl (C=O) groups excluding carboxylic acids is 1. The lowest BCUT2D eigenvalue weighted by Gasteiger charge is -2.39. The molecule has 0 bridgehead atoms. The minimum Gasteiger partial charge on any atom is -0.444 e. The van der Waals surface area contributed by atoms with Gasteiger partial charge in [-0.25, -0.2) is 4.79 Å². The van der Waals surface area contributed by atoms with Gasteiger partial charge in [-0.15, -0.1) is 0 Å². The monoisotopic (exact) mass is 376 g/mol. The molecule has 8 nitrogen and oxygen atoms in total. The zero-order valence-corrected chi connectivity index (χ0v) is 16.2. The molecular weight excluding hydrogens is 348 g/mol. The molecule has 1 aromatic carbocycles. The molecule has 0 unspecified atom stereocenters. The maximum absolute atomic E-state index is 12.3. The van der Waals surface area contributed by atoms with Crippen LogP contribution < -0.4 is 10.6 Å². The molecule has 0 atom stereocenters. The average Bonchev–Trinajstić information content (AvgIpc) is 2.98. The fraction of sp³-hybridized carbons (Fsp3) is 0.632. The number of nitro benzene ring substituents is 1. The fourth-order valence-corrected chi connectivity index (χ4v) is 3.94. The molecule has 3 rings (SSSR count). The first-order valence-corrected chi connectivity index (χ1v) is 9.35. The van der Waals surface area contributed by atoms with E-state index in [4.69, 9.17) is 10.5 Å². The summed E-state index contributed by atoms with van der Waals surface area (Å²) < 4.78 is 5.47. The van der Waals surface area contributed by atoms with E-state index < -0.39 is 10.5 Å². The van der Waals surface area contributed by atoms with Crippen LogP contribution in [0.5, 0.6) is 0 Å². The molecule has 0 radical (unpaired) electrons. The Morgan fingerprint density at radius 1 is 1.22 bits per heavy atom. The third-order valence-electron chi connectivity index (χ3n) is 5.49. The van der Waals surface area contributed by atoms with Crippen LogP contribution in [0.1, 0.15) is 40.0 Å². The molecule has 148 valence electrons. The molecule has 0 saturated carbocycles. The molecule has 1 spiro atoms. The highest BCUT2D eigenvalue weighted by Crippen LogP contribution is 2.43. The third kappa shape index (κ3) is 4.26. The van der Waals surface area contributed by atoms with Gasteiger partial charge in [0.15, 0.2) is 0 Å². The molecule has 2 saturated heterocycles. The van der Waals surface area contributed by atoms with Crippen LogP contribution in [0.2, 0.25) is 0 Å². The van der Waals surface area contributed by atoms with Gasteiger partial charge in [0.2, 0.25) is 0 Å². The first-order valence-electron chi connectivity index (χ1n) is 9.35. The first-order chi connectivity index (χ1) is 12.6. The van der Waals surface area contributed by atoms with E-state index in [1.807, 2.05) is 26.8 Å². The zero-order valence-electron chi connectivity index (χ0n) is 16.2. The van der Waals surface area contributed by atoms with Gasteiger partial charge in [-0.1, -0.05) is 0 Å². The number of ether oxygens (including phenoxy) is 1. The van der Waals surface area contributed by atoms with Crippen LogP contribution in [0, 0.1) is 15.5 Å². The van der Waals surface area contributed by atoms with Crippen molar-refractivity contribution >= 4 is 23.2 Å². The van der Waals surface area contributed by atoms with Gasteiger partial charge in [-0.2, -0.15) is 0 Å². The lowest BCUT2D eigenvalue weighted by molar-refractivity contribution is -0.383. The van der Waals surface area contributed by atoms with Crippen LogP contribution in [0.15, 0.2) is 18.2 Å². The predicted octanol–water partition coefficient (Wildman–Crippen LogP) is 3.40. The highest BCUT2D eigenvalue weighted by atomic mass is 16.6. The second-order valence-corrected chi connectivity index (χ2v) is 8.64.